The third kappa shape index (κ3) is 3.82. The number of aliphatic imine (C=N–C) groups is 1. The number of hydrogen-bond acceptors (Lipinski definition) is 1. The Kier molecular flexibility index (Phi) is 5.36. The SMILES string of the molecule is CN=C(NCCCc1ccccc1)N1CC2CCCCC2C1. The first kappa shape index (κ1) is 15.4. The number of guanidine groups is 1. The van der Waals surface area contributed by atoms with Crippen LogP contribution in [0.5, 0.6) is 0 Å². The third-order valence-corrected chi connectivity index (χ3v) is 5.26. The summed E-state index contributed by atoms with van der Waals surface area (Å²) < 4.78 is 0. The number of nitrogens with one attached hydrogen (secondary N) is 1. The van der Waals surface area contributed by atoms with E-state index in [1.165, 1.54) is 44.3 Å². The normalized spacial score (nSPS) is 25.1. The molecule has 1 aromatic carbocycles. The zero-order chi connectivity index (χ0) is 15.2. The number of nitrogens with zero attached hydrogens (tertiary/aromatic N) is 2. The Morgan fingerprint density at radius 3 is 2.45 bits per heavy atom. The van der Waals surface area contributed by atoms with Gasteiger partial charge in [-0.25, -0.2) is 0 Å². The van der Waals surface area contributed by atoms with Crippen LogP contribution >= 0.6 is 0 Å². The summed E-state index contributed by atoms with van der Waals surface area (Å²) in [4.78, 5) is 6.99. The zero-order valence-electron chi connectivity index (χ0n) is 13.8. The molecule has 0 bridgehead atoms. The lowest BCUT2D eigenvalue weighted by Crippen LogP contribution is -2.40. The van der Waals surface area contributed by atoms with E-state index in [-0.39, 0.29) is 0 Å². The molecule has 0 aromatic heterocycles. The topological polar surface area (TPSA) is 27.6 Å². The molecule has 0 spiro atoms. The highest BCUT2D eigenvalue weighted by Crippen LogP contribution is 2.35. The van der Waals surface area contributed by atoms with Crippen molar-refractivity contribution in [1.29, 1.82) is 0 Å². The molecule has 0 amide bonds. The van der Waals surface area contributed by atoms with Crippen LogP contribution in [-0.4, -0.2) is 37.5 Å². The van der Waals surface area contributed by atoms with Crippen LogP contribution in [0.25, 0.3) is 0 Å². The molecule has 3 nitrogen and oxygen atoms in total. The van der Waals surface area contributed by atoms with Gasteiger partial charge >= 0.3 is 0 Å². The Bertz CT molecular complexity index is 469. The van der Waals surface area contributed by atoms with Crippen molar-refractivity contribution in [2.45, 2.75) is 38.5 Å². The number of aryl methyl sites for hydroxylation is 1. The van der Waals surface area contributed by atoms with Crippen molar-refractivity contribution in [3.8, 4) is 0 Å². The van der Waals surface area contributed by atoms with Gasteiger partial charge in [-0.15, -0.1) is 0 Å². The van der Waals surface area contributed by atoms with E-state index >= 15 is 0 Å². The highest BCUT2D eigenvalue weighted by molar-refractivity contribution is 5.80. The maximum Gasteiger partial charge on any atom is 0.193 e. The van der Waals surface area contributed by atoms with Crippen LogP contribution in [0.1, 0.15) is 37.7 Å². The minimum absolute atomic E-state index is 0.914. The zero-order valence-corrected chi connectivity index (χ0v) is 13.8. The quantitative estimate of drug-likeness (QED) is 0.525. The number of hydrogen-bond donors (Lipinski definition) is 1. The average Bonchev–Trinajstić information content (AvgIpc) is 2.99. The smallest absolute Gasteiger partial charge is 0.193 e. The van der Waals surface area contributed by atoms with Crippen LogP contribution in [0.2, 0.25) is 0 Å². The lowest BCUT2D eigenvalue weighted by atomic mass is 9.82. The lowest BCUT2D eigenvalue weighted by molar-refractivity contribution is 0.299. The van der Waals surface area contributed by atoms with Gasteiger partial charge in [-0.2, -0.15) is 0 Å². The predicted octanol–water partition coefficient (Wildman–Crippen LogP) is 3.32. The van der Waals surface area contributed by atoms with Crippen molar-refractivity contribution < 1.29 is 0 Å². The molecule has 1 saturated heterocycles. The van der Waals surface area contributed by atoms with E-state index < -0.39 is 0 Å². The number of benzene rings is 1. The van der Waals surface area contributed by atoms with Crippen LogP contribution in [0.3, 0.4) is 0 Å². The van der Waals surface area contributed by atoms with Crippen molar-refractivity contribution >= 4 is 5.96 Å². The van der Waals surface area contributed by atoms with Crippen LogP contribution < -0.4 is 5.32 Å². The molecular formula is C19H29N3. The summed E-state index contributed by atoms with van der Waals surface area (Å²) in [5.41, 5.74) is 1.42. The van der Waals surface area contributed by atoms with Gasteiger partial charge in [-0.1, -0.05) is 43.2 Å². The Balaban J connectivity index is 1.43. The second-order valence-electron chi connectivity index (χ2n) is 6.77. The molecule has 0 radical (unpaired) electrons. The maximum absolute atomic E-state index is 4.50. The fourth-order valence-electron chi connectivity index (χ4n) is 4.05. The van der Waals surface area contributed by atoms with Crippen molar-refractivity contribution in [3.63, 3.8) is 0 Å². The minimum Gasteiger partial charge on any atom is -0.356 e. The third-order valence-electron chi connectivity index (χ3n) is 5.26. The van der Waals surface area contributed by atoms with Crippen molar-refractivity contribution in [1.82, 2.24) is 10.2 Å². The van der Waals surface area contributed by atoms with E-state index in [1.807, 2.05) is 7.05 Å². The summed E-state index contributed by atoms with van der Waals surface area (Å²) in [6, 6.07) is 10.7. The molecule has 1 N–H and O–H groups in total. The van der Waals surface area contributed by atoms with Gasteiger partial charge in [-0.05, 0) is 43.1 Å². The van der Waals surface area contributed by atoms with Gasteiger partial charge in [0.25, 0.3) is 0 Å². The highest BCUT2D eigenvalue weighted by Gasteiger charge is 2.35. The van der Waals surface area contributed by atoms with E-state index in [0.29, 0.717) is 0 Å². The van der Waals surface area contributed by atoms with Crippen molar-refractivity contribution in [2.24, 2.45) is 16.8 Å². The highest BCUT2D eigenvalue weighted by atomic mass is 15.3. The van der Waals surface area contributed by atoms with Gasteiger partial charge in [0.2, 0.25) is 0 Å². The second-order valence-corrected chi connectivity index (χ2v) is 6.77. The molecule has 1 aliphatic heterocycles. The largest absolute Gasteiger partial charge is 0.356 e. The van der Waals surface area contributed by atoms with Gasteiger partial charge < -0.3 is 10.2 Å². The van der Waals surface area contributed by atoms with Crippen LogP contribution in [0, 0.1) is 11.8 Å². The molecule has 1 aromatic rings. The predicted molar refractivity (Wildman–Crippen MR) is 93.1 cm³/mol. The van der Waals surface area contributed by atoms with Crippen LogP contribution in [-0.2, 0) is 6.42 Å². The van der Waals surface area contributed by atoms with E-state index in [2.05, 4.69) is 45.5 Å². The van der Waals surface area contributed by atoms with Gasteiger partial charge in [0.1, 0.15) is 0 Å². The fourth-order valence-corrected chi connectivity index (χ4v) is 4.05. The van der Waals surface area contributed by atoms with E-state index in [4.69, 9.17) is 0 Å². The standard InChI is InChI=1S/C19H29N3/c1-20-19(21-13-7-10-16-8-3-2-4-9-16)22-14-17-11-5-6-12-18(17)15-22/h2-4,8-9,17-18H,5-7,10-15H2,1H3,(H,20,21). The summed E-state index contributed by atoms with van der Waals surface area (Å²) in [5, 5.41) is 3.57. The monoisotopic (exact) mass is 299 g/mol. The fraction of sp³-hybridized carbons (Fsp3) is 0.632. The van der Waals surface area contributed by atoms with E-state index in [9.17, 15) is 0 Å². The van der Waals surface area contributed by atoms with Crippen molar-refractivity contribution in [2.75, 3.05) is 26.7 Å². The van der Waals surface area contributed by atoms with Gasteiger partial charge in [-0.3, -0.25) is 4.99 Å². The lowest BCUT2D eigenvalue weighted by Gasteiger charge is -2.22. The number of rotatable bonds is 4. The summed E-state index contributed by atoms with van der Waals surface area (Å²) in [6.07, 6.45) is 7.99. The van der Waals surface area contributed by atoms with Crippen molar-refractivity contribution in [3.05, 3.63) is 35.9 Å². The van der Waals surface area contributed by atoms with Gasteiger partial charge in [0, 0.05) is 26.7 Å². The number of fused-ring (bicyclic) bond motifs is 1. The summed E-state index contributed by atoms with van der Waals surface area (Å²) in [5.74, 6) is 2.94. The molecule has 120 valence electrons. The summed E-state index contributed by atoms with van der Waals surface area (Å²) >= 11 is 0. The molecule has 3 heteroatoms. The average molecular weight is 299 g/mol. The van der Waals surface area contributed by atoms with Gasteiger partial charge in [0.05, 0.1) is 0 Å². The Morgan fingerprint density at radius 1 is 1.14 bits per heavy atom. The second kappa shape index (κ2) is 7.66. The number of likely N-dealkylation sites (tertiary alicyclic amines) is 1. The molecular weight excluding hydrogens is 270 g/mol. The Hall–Kier alpha value is -1.51. The molecule has 2 aliphatic rings. The molecule has 1 aliphatic carbocycles. The minimum atomic E-state index is 0.914. The van der Waals surface area contributed by atoms with Crippen LogP contribution in [0.15, 0.2) is 35.3 Å². The Morgan fingerprint density at radius 2 is 1.82 bits per heavy atom. The summed E-state index contributed by atoms with van der Waals surface area (Å²) in [6.45, 7) is 3.43. The molecule has 2 fully saturated rings. The van der Waals surface area contributed by atoms with E-state index in [0.717, 1.165) is 37.2 Å². The molecule has 22 heavy (non-hydrogen) atoms. The van der Waals surface area contributed by atoms with E-state index in [1.54, 1.807) is 0 Å². The molecule has 1 saturated carbocycles. The molecule has 3 rings (SSSR count). The maximum atomic E-state index is 4.50. The van der Waals surface area contributed by atoms with Crippen LogP contribution in [0.4, 0.5) is 0 Å². The first-order valence-corrected chi connectivity index (χ1v) is 8.86. The first-order chi connectivity index (χ1) is 10.9. The molecule has 1 heterocycles. The summed E-state index contributed by atoms with van der Waals surface area (Å²) in [7, 11) is 1.92. The molecule has 2 unspecified atom stereocenters. The van der Waals surface area contributed by atoms with Gasteiger partial charge in [0.15, 0.2) is 5.96 Å². The molecule has 2 atom stereocenters. The Labute approximate surface area is 134 Å². The first-order valence-electron chi connectivity index (χ1n) is 8.86.